The zero-order valence-electron chi connectivity index (χ0n) is 17.4. The predicted molar refractivity (Wildman–Crippen MR) is 112 cm³/mol. The third-order valence-corrected chi connectivity index (χ3v) is 6.12. The molecule has 2 fully saturated rings. The molecule has 160 valence electrons. The molecule has 0 spiro atoms. The van der Waals surface area contributed by atoms with Crippen molar-refractivity contribution in [1.82, 2.24) is 9.47 Å². The van der Waals surface area contributed by atoms with Gasteiger partial charge in [-0.3, -0.25) is 14.5 Å². The standard InChI is InChI=1S/C22H26FN3O4/c1-12-9-25(13(2)8-24(12)10-14(3)27)20-7-19-16(6-18(20)23)21(28)17(22(29)30)11-26(19)15-4-5-15/h6-7,11-13,15H,4-5,8-10H2,1-3H3,(H,29,30). The molecule has 1 saturated heterocycles. The minimum atomic E-state index is -1.30. The first kappa shape index (κ1) is 20.5. The second-order valence-electron chi connectivity index (χ2n) is 8.62. The molecule has 1 N–H and O–H groups in total. The van der Waals surface area contributed by atoms with Crippen molar-refractivity contribution in [2.75, 3.05) is 24.5 Å². The van der Waals surface area contributed by atoms with Crippen LogP contribution in [-0.2, 0) is 4.79 Å². The lowest BCUT2D eigenvalue weighted by molar-refractivity contribution is -0.118. The van der Waals surface area contributed by atoms with Crippen molar-refractivity contribution in [2.45, 2.75) is 51.7 Å². The first-order valence-electron chi connectivity index (χ1n) is 10.3. The van der Waals surface area contributed by atoms with E-state index >= 15 is 4.39 Å². The molecule has 1 aromatic carbocycles. The summed E-state index contributed by atoms with van der Waals surface area (Å²) in [6, 6.07) is 3.04. The molecule has 4 rings (SSSR count). The number of nitrogens with zero attached hydrogens (tertiary/aromatic N) is 3. The average Bonchev–Trinajstić information content (AvgIpc) is 3.49. The largest absolute Gasteiger partial charge is 0.477 e. The van der Waals surface area contributed by atoms with Gasteiger partial charge in [-0.2, -0.15) is 0 Å². The van der Waals surface area contributed by atoms with Gasteiger partial charge >= 0.3 is 5.97 Å². The molecule has 1 aliphatic carbocycles. The Morgan fingerprint density at radius 3 is 2.47 bits per heavy atom. The number of carboxylic acids is 1. The van der Waals surface area contributed by atoms with Gasteiger partial charge in [-0.05, 0) is 45.7 Å². The Morgan fingerprint density at radius 2 is 1.87 bits per heavy atom. The predicted octanol–water partition coefficient (Wildman–Crippen LogP) is 2.66. The van der Waals surface area contributed by atoms with E-state index in [1.165, 1.54) is 12.3 Å². The maximum absolute atomic E-state index is 15.2. The highest BCUT2D eigenvalue weighted by Gasteiger charge is 2.32. The van der Waals surface area contributed by atoms with Gasteiger partial charge in [-0.25, -0.2) is 9.18 Å². The number of carboxylic acid groups (broad SMARTS) is 1. The summed E-state index contributed by atoms with van der Waals surface area (Å²) in [6.45, 7) is 7.13. The van der Waals surface area contributed by atoms with Gasteiger partial charge in [0, 0.05) is 42.8 Å². The van der Waals surface area contributed by atoms with Gasteiger partial charge in [0.2, 0.25) is 5.43 Å². The van der Waals surface area contributed by atoms with Crippen molar-refractivity contribution in [1.29, 1.82) is 0 Å². The molecule has 1 saturated carbocycles. The van der Waals surface area contributed by atoms with Crippen LogP contribution < -0.4 is 10.3 Å². The molecular formula is C22H26FN3O4. The van der Waals surface area contributed by atoms with E-state index in [9.17, 15) is 19.5 Å². The average molecular weight is 415 g/mol. The number of pyridine rings is 1. The van der Waals surface area contributed by atoms with Crippen LogP contribution in [0.4, 0.5) is 10.1 Å². The van der Waals surface area contributed by atoms with Crippen molar-refractivity contribution in [2.24, 2.45) is 0 Å². The quantitative estimate of drug-likeness (QED) is 0.809. The fourth-order valence-electron chi connectivity index (χ4n) is 4.43. The van der Waals surface area contributed by atoms with Gasteiger partial charge in [0.15, 0.2) is 0 Å². The zero-order chi connectivity index (χ0) is 21.7. The molecule has 2 atom stereocenters. The Labute approximate surface area is 173 Å². The molecule has 7 nitrogen and oxygen atoms in total. The summed E-state index contributed by atoms with van der Waals surface area (Å²) in [6.07, 6.45) is 3.20. The Bertz CT molecular complexity index is 1090. The summed E-state index contributed by atoms with van der Waals surface area (Å²) < 4.78 is 17.0. The van der Waals surface area contributed by atoms with Gasteiger partial charge < -0.3 is 14.6 Å². The van der Waals surface area contributed by atoms with Crippen molar-refractivity contribution in [3.63, 3.8) is 0 Å². The number of hydrogen-bond acceptors (Lipinski definition) is 5. The van der Waals surface area contributed by atoms with Crippen molar-refractivity contribution in [3.05, 3.63) is 39.9 Å². The van der Waals surface area contributed by atoms with Gasteiger partial charge in [0.1, 0.15) is 17.2 Å². The highest BCUT2D eigenvalue weighted by molar-refractivity contribution is 5.93. The number of fused-ring (bicyclic) bond motifs is 1. The fourth-order valence-corrected chi connectivity index (χ4v) is 4.43. The van der Waals surface area contributed by atoms with E-state index in [0.29, 0.717) is 30.8 Å². The molecule has 2 aliphatic rings. The Morgan fingerprint density at radius 1 is 1.17 bits per heavy atom. The van der Waals surface area contributed by atoms with Gasteiger partial charge in [-0.15, -0.1) is 0 Å². The summed E-state index contributed by atoms with van der Waals surface area (Å²) in [5, 5.41) is 9.48. The summed E-state index contributed by atoms with van der Waals surface area (Å²) in [7, 11) is 0. The minimum Gasteiger partial charge on any atom is -0.477 e. The molecule has 2 unspecified atom stereocenters. The molecule has 0 bridgehead atoms. The number of carbonyl (C=O) groups excluding carboxylic acids is 1. The number of halogens is 1. The number of Topliss-reactive ketones (excluding diaryl/α,β-unsaturated/α-hetero) is 1. The second-order valence-corrected chi connectivity index (χ2v) is 8.62. The number of aromatic nitrogens is 1. The molecule has 0 amide bonds. The van der Waals surface area contributed by atoms with Crippen LogP contribution in [0.5, 0.6) is 0 Å². The molecule has 0 radical (unpaired) electrons. The number of piperazine rings is 1. The number of benzene rings is 1. The molecule has 2 aromatic rings. The maximum Gasteiger partial charge on any atom is 0.341 e. The summed E-state index contributed by atoms with van der Waals surface area (Å²) in [4.78, 5) is 39.8. The van der Waals surface area contributed by atoms with Crippen LogP contribution in [0.1, 0.15) is 50.0 Å². The van der Waals surface area contributed by atoms with Crippen LogP contribution in [-0.4, -0.2) is 58.0 Å². The highest BCUT2D eigenvalue weighted by atomic mass is 19.1. The number of carbonyl (C=O) groups is 2. The highest BCUT2D eigenvalue weighted by Crippen LogP contribution is 2.38. The lowest BCUT2D eigenvalue weighted by Crippen LogP contribution is -2.57. The first-order chi connectivity index (χ1) is 14.2. The summed E-state index contributed by atoms with van der Waals surface area (Å²) >= 11 is 0. The van der Waals surface area contributed by atoms with Crippen LogP contribution in [0.2, 0.25) is 0 Å². The summed E-state index contributed by atoms with van der Waals surface area (Å²) in [5.41, 5.74) is -0.0231. The van der Waals surface area contributed by atoms with Gasteiger partial charge in [-0.1, -0.05) is 0 Å². The van der Waals surface area contributed by atoms with E-state index < -0.39 is 17.2 Å². The number of anilines is 1. The molecular weight excluding hydrogens is 389 g/mol. The second kappa shape index (κ2) is 7.50. The van der Waals surface area contributed by atoms with Crippen LogP contribution >= 0.6 is 0 Å². The van der Waals surface area contributed by atoms with Gasteiger partial charge in [0.25, 0.3) is 0 Å². The maximum atomic E-state index is 15.2. The Kier molecular flexibility index (Phi) is 5.13. The van der Waals surface area contributed by atoms with E-state index in [1.54, 1.807) is 13.0 Å². The lowest BCUT2D eigenvalue weighted by Gasteiger charge is -2.45. The third kappa shape index (κ3) is 3.60. The van der Waals surface area contributed by atoms with Crippen molar-refractivity contribution < 1.29 is 19.1 Å². The monoisotopic (exact) mass is 415 g/mol. The van der Waals surface area contributed by atoms with Crippen molar-refractivity contribution >= 4 is 28.3 Å². The topological polar surface area (TPSA) is 82.8 Å². The number of ketones is 1. The van der Waals surface area contributed by atoms with E-state index in [1.807, 2.05) is 23.3 Å². The zero-order valence-corrected chi connectivity index (χ0v) is 17.4. The molecule has 2 heterocycles. The number of aromatic carboxylic acids is 1. The molecule has 30 heavy (non-hydrogen) atoms. The van der Waals surface area contributed by atoms with Gasteiger partial charge in [0.05, 0.1) is 17.7 Å². The van der Waals surface area contributed by atoms with E-state index in [0.717, 1.165) is 12.8 Å². The molecule has 1 aliphatic heterocycles. The van der Waals surface area contributed by atoms with E-state index in [4.69, 9.17) is 0 Å². The Hall–Kier alpha value is -2.74. The first-order valence-corrected chi connectivity index (χ1v) is 10.3. The Balaban J connectivity index is 1.79. The smallest absolute Gasteiger partial charge is 0.341 e. The van der Waals surface area contributed by atoms with Crippen LogP contribution in [0.3, 0.4) is 0 Å². The third-order valence-electron chi connectivity index (χ3n) is 6.12. The molecule has 1 aromatic heterocycles. The lowest BCUT2D eigenvalue weighted by atomic mass is 10.0. The summed E-state index contributed by atoms with van der Waals surface area (Å²) in [5.74, 6) is -1.74. The minimum absolute atomic E-state index is 0.0214. The number of rotatable bonds is 5. The fraction of sp³-hybridized carbons (Fsp3) is 0.500. The normalized spacial score (nSPS) is 22.5. The van der Waals surface area contributed by atoms with Crippen LogP contribution in [0.15, 0.2) is 23.1 Å². The van der Waals surface area contributed by atoms with Crippen LogP contribution in [0.25, 0.3) is 10.9 Å². The SMILES string of the molecule is CC(=O)CN1CC(C)N(c2cc3c(cc2F)c(=O)c(C(=O)O)cn3C2CC2)CC1C. The van der Waals surface area contributed by atoms with Crippen molar-refractivity contribution in [3.8, 4) is 0 Å². The van der Waals surface area contributed by atoms with E-state index in [2.05, 4.69) is 4.90 Å². The van der Waals surface area contributed by atoms with E-state index in [-0.39, 0.29) is 34.9 Å². The number of hydrogen-bond donors (Lipinski definition) is 1. The van der Waals surface area contributed by atoms with Crippen LogP contribution in [0, 0.1) is 5.82 Å². The molecule has 8 heteroatoms.